The van der Waals surface area contributed by atoms with Gasteiger partial charge in [0.2, 0.25) is 0 Å². The summed E-state index contributed by atoms with van der Waals surface area (Å²) in [6.45, 7) is 2.07. The molecule has 3 aromatic rings. The average Bonchev–Trinajstić information content (AvgIpc) is 2.67. The van der Waals surface area contributed by atoms with Crippen LogP contribution in [0.1, 0.15) is 5.56 Å². The molecule has 3 heteroatoms. The summed E-state index contributed by atoms with van der Waals surface area (Å²) in [4.78, 5) is 11.8. The number of aromatic nitrogens is 1. The van der Waals surface area contributed by atoms with Crippen LogP contribution >= 0.6 is 11.3 Å². The van der Waals surface area contributed by atoms with Crippen LogP contribution in [0.3, 0.4) is 0 Å². The van der Waals surface area contributed by atoms with E-state index in [0.29, 0.717) is 0 Å². The Kier molecular flexibility index (Phi) is 2.56. The van der Waals surface area contributed by atoms with Crippen LogP contribution in [0.25, 0.3) is 21.3 Å². The summed E-state index contributed by atoms with van der Waals surface area (Å²) >= 11 is 1.31. The fraction of sp³-hybridized carbons (Fsp3) is 0.133. The van der Waals surface area contributed by atoms with E-state index >= 15 is 0 Å². The lowest BCUT2D eigenvalue weighted by Crippen LogP contribution is -2.06. The molecule has 0 aliphatic rings. The van der Waals surface area contributed by atoms with Gasteiger partial charge in [0.25, 0.3) is 0 Å². The van der Waals surface area contributed by atoms with E-state index in [2.05, 4.69) is 37.3 Å². The first-order valence-electron chi connectivity index (χ1n) is 5.82. The minimum atomic E-state index is 0.0876. The van der Waals surface area contributed by atoms with Crippen molar-refractivity contribution in [2.24, 2.45) is 7.05 Å². The van der Waals surface area contributed by atoms with Crippen molar-refractivity contribution >= 4 is 21.6 Å². The Balaban J connectivity index is 2.32. The van der Waals surface area contributed by atoms with Crippen LogP contribution in [0.4, 0.5) is 0 Å². The first-order chi connectivity index (χ1) is 8.66. The molecule has 0 aliphatic carbocycles. The molecule has 0 saturated carbocycles. The molecule has 0 spiro atoms. The third kappa shape index (κ3) is 1.68. The zero-order chi connectivity index (χ0) is 12.7. The first kappa shape index (κ1) is 11.2. The summed E-state index contributed by atoms with van der Waals surface area (Å²) in [5, 5.41) is 0. The maximum atomic E-state index is 11.8. The predicted molar refractivity (Wildman–Crippen MR) is 77.2 cm³/mol. The van der Waals surface area contributed by atoms with Crippen LogP contribution in [0.5, 0.6) is 0 Å². The van der Waals surface area contributed by atoms with Crippen molar-refractivity contribution < 1.29 is 0 Å². The van der Waals surface area contributed by atoms with Crippen LogP contribution in [-0.4, -0.2) is 4.57 Å². The molecule has 2 aromatic carbocycles. The van der Waals surface area contributed by atoms with E-state index in [1.54, 1.807) is 4.57 Å². The number of rotatable bonds is 1. The van der Waals surface area contributed by atoms with Crippen molar-refractivity contribution in [1.29, 1.82) is 0 Å². The van der Waals surface area contributed by atoms with Gasteiger partial charge in [-0.25, -0.2) is 0 Å². The second kappa shape index (κ2) is 4.10. The van der Waals surface area contributed by atoms with Gasteiger partial charge in [-0.15, -0.1) is 0 Å². The van der Waals surface area contributed by atoms with Crippen LogP contribution in [0, 0.1) is 6.92 Å². The summed E-state index contributed by atoms with van der Waals surface area (Å²) in [7, 11) is 1.82. The monoisotopic (exact) mass is 255 g/mol. The highest BCUT2D eigenvalue weighted by atomic mass is 32.1. The van der Waals surface area contributed by atoms with Crippen molar-refractivity contribution in [1.82, 2.24) is 4.57 Å². The van der Waals surface area contributed by atoms with E-state index in [-0.39, 0.29) is 4.87 Å². The lowest BCUT2D eigenvalue weighted by Gasteiger charge is -2.04. The predicted octanol–water partition coefficient (Wildman–Crippen LogP) is 3.58. The minimum absolute atomic E-state index is 0.0876. The molecule has 0 atom stereocenters. The molecule has 1 aromatic heterocycles. The molecule has 0 radical (unpaired) electrons. The number of aryl methyl sites for hydroxylation is 2. The number of hydrogen-bond acceptors (Lipinski definition) is 2. The molecule has 0 unspecified atom stereocenters. The highest BCUT2D eigenvalue weighted by Crippen LogP contribution is 2.30. The van der Waals surface area contributed by atoms with Gasteiger partial charge in [0.05, 0.1) is 10.2 Å². The molecule has 0 saturated heterocycles. The highest BCUT2D eigenvalue weighted by molar-refractivity contribution is 7.17. The summed E-state index contributed by atoms with van der Waals surface area (Å²) in [6.07, 6.45) is 0. The number of nitrogens with zero attached hydrogens (tertiary/aromatic N) is 1. The van der Waals surface area contributed by atoms with Gasteiger partial charge in [0.15, 0.2) is 0 Å². The van der Waals surface area contributed by atoms with Crippen molar-refractivity contribution in [3.8, 4) is 11.1 Å². The van der Waals surface area contributed by atoms with E-state index in [9.17, 15) is 4.79 Å². The average molecular weight is 255 g/mol. The Morgan fingerprint density at radius 1 is 1.06 bits per heavy atom. The van der Waals surface area contributed by atoms with E-state index in [1.807, 2.05) is 19.2 Å². The number of thiazole rings is 1. The van der Waals surface area contributed by atoms with E-state index in [4.69, 9.17) is 0 Å². The van der Waals surface area contributed by atoms with Gasteiger partial charge in [0.1, 0.15) is 0 Å². The molecule has 90 valence electrons. The molecule has 1 heterocycles. The van der Waals surface area contributed by atoms with Gasteiger partial charge in [-0.2, -0.15) is 0 Å². The first-order valence-corrected chi connectivity index (χ1v) is 6.64. The maximum Gasteiger partial charge on any atom is 0.307 e. The third-order valence-corrected chi connectivity index (χ3v) is 4.26. The molecular weight excluding hydrogens is 242 g/mol. The zero-order valence-electron chi connectivity index (χ0n) is 10.3. The highest BCUT2D eigenvalue weighted by Gasteiger charge is 2.09. The van der Waals surface area contributed by atoms with Crippen molar-refractivity contribution in [2.45, 2.75) is 6.92 Å². The third-order valence-electron chi connectivity index (χ3n) is 3.18. The van der Waals surface area contributed by atoms with Gasteiger partial charge >= 0.3 is 4.87 Å². The number of benzene rings is 2. The lowest BCUT2D eigenvalue weighted by atomic mass is 10.0. The fourth-order valence-electron chi connectivity index (χ4n) is 2.11. The quantitative estimate of drug-likeness (QED) is 0.651. The molecule has 18 heavy (non-hydrogen) atoms. The van der Waals surface area contributed by atoms with Crippen molar-refractivity contribution in [3.05, 3.63) is 57.7 Å². The van der Waals surface area contributed by atoms with Crippen LogP contribution in [0.2, 0.25) is 0 Å². The molecule has 2 nitrogen and oxygen atoms in total. The van der Waals surface area contributed by atoms with Crippen LogP contribution in [0.15, 0.2) is 47.3 Å². The molecule has 0 amide bonds. The van der Waals surface area contributed by atoms with Crippen LogP contribution < -0.4 is 4.87 Å². The van der Waals surface area contributed by atoms with Gasteiger partial charge in [-0.05, 0) is 18.6 Å². The summed E-state index contributed by atoms with van der Waals surface area (Å²) in [6, 6.07) is 14.5. The second-order valence-electron chi connectivity index (χ2n) is 4.45. The fourth-order valence-corrected chi connectivity index (χ4v) is 3.13. The Labute approximate surface area is 109 Å². The summed E-state index contributed by atoms with van der Waals surface area (Å²) < 4.78 is 2.77. The van der Waals surface area contributed by atoms with Crippen molar-refractivity contribution in [2.75, 3.05) is 0 Å². The van der Waals surface area contributed by atoms with Crippen molar-refractivity contribution in [3.63, 3.8) is 0 Å². The molecular formula is C15H13NOS. The molecule has 3 rings (SSSR count). The maximum absolute atomic E-state index is 11.8. The SMILES string of the molecule is Cc1ccc(-c2cccc3c2sc(=O)n3C)cc1. The van der Waals surface area contributed by atoms with Gasteiger partial charge in [-0.3, -0.25) is 4.79 Å². The normalized spacial score (nSPS) is 11.0. The van der Waals surface area contributed by atoms with E-state index in [1.165, 1.54) is 16.9 Å². The zero-order valence-corrected chi connectivity index (χ0v) is 11.1. The standard InChI is InChI=1S/C15H13NOS/c1-10-6-8-11(9-7-10)12-4-3-5-13-14(12)18-15(17)16(13)2/h3-9H,1-2H3. The second-order valence-corrected chi connectivity index (χ2v) is 5.41. The molecule has 0 N–H and O–H groups in total. The summed E-state index contributed by atoms with van der Waals surface area (Å²) in [5.41, 5.74) is 4.54. The minimum Gasteiger partial charge on any atom is -0.302 e. The largest absolute Gasteiger partial charge is 0.307 e. The Hall–Kier alpha value is -1.87. The topological polar surface area (TPSA) is 22.0 Å². The van der Waals surface area contributed by atoms with Gasteiger partial charge in [-0.1, -0.05) is 53.3 Å². The van der Waals surface area contributed by atoms with Crippen LogP contribution in [-0.2, 0) is 7.05 Å². The summed E-state index contributed by atoms with van der Waals surface area (Å²) in [5.74, 6) is 0. The molecule has 0 bridgehead atoms. The number of fused-ring (bicyclic) bond motifs is 1. The molecule has 0 aliphatic heterocycles. The van der Waals surface area contributed by atoms with Gasteiger partial charge in [0, 0.05) is 12.6 Å². The van der Waals surface area contributed by atoms with E-state index in [0.717, 1.165) is 21.3 Å². The van der Waals surface area contributed by atoms with Gasteiger partial charge < -0.3 is 4.57 Å². The molecule has 0 fully saturated rings. The Morgan fingerprint density at radius 2 is 1.78 bits per heavy atom. The lowest BCUT2D eigenvalue weighted by molar-refractivity contribution is 0.939. The van der Waals surface area contributed by atoms with E-state index < -0.39 is 0 Å². The number of hydrogen-bond donors (Lipinski definition) is 0. The Morgan fingerprint density at radius 3 is 2.50 bits per heavy atom. The Bertz CT molecular complexity index is 765. The smallest absolute Gasteiger partial charge is 0.302 e.